The van der Waals surface area contributed by atoms with Crippen LogP contribution in [0.15, 0.2) is 0 Å². The number of halogens is 1. The molecule has 122 valence electrons. The summed E-state index contributed by atoms with van der Waals surface area (Å²) in [5.41, 5.74) is 6.03. The highest BCUT2D eigenvalue weighted by atomic mass is 35.5. The van der Waals surface area contributed by atoms with Crippen molar-refractivity contribution in [1.29, 1.82) is 0 Å². The van der Waals surface area contributed by atoms with Gasteiger partial charge in [0.15, 0.2) is 0 Å². The van der Waals surface area contributed by atoms with Crippen LogP contribution in [0.4, 0.5) is 0 Å². The van der Waals surface area contributed by atoms with E-state index in [1.807, 2.05) is 4.90 Å². The quantitative estimate of drug-likeness (QED) is 0.820. The molecule has 2 fully saturated rings. The number of nitrogens with two attached hydrogens (primary N) is 1. The molecule has 0 aromatic rings. The van der Waals surface area contributed by atoms with Gasteiger partial charge < -0.3 is 16.0 Å². The van der Waals surface area contributed by atoms with Gasteiger partial charge in [-0.05, 0) is 37.5 Å². The maximum absolute atomic E-state index is 12.3. The van der Waals surface area contributed by atoms with Crippen molar-refractivity contribution < 1.29 is 9.59 Å². The van der Waals surface area contributed by atoms with Crippen LogP contribution >= 0.6 is 12.4 Å². The summed E-state index contributed by atoms with van der Waals surface area (Å²) in [5.74, 6) is 1.16. The number of nitrogens with one attached hydrogen (secondary N) is 1. The third-order valence-corrected chi connectivity index (χ3v) is 4.87. The first-order valence-corrected chi connectivity index (χ1v) is 7.84. The molecule has 6 heteroatoms. The first-order chi connectivity index (χ1) is 9.60. The molecule has 5 nitrogen and oxygen atoms in total. The van der Waals surface area contributed by atoms with E-state index in [0.717, 1.165) is 45.2 Å². The normalized spacial score (nSPS) is 26.3. The molecule has 1 saturated heterocycles. The van der Waals surface area contributed by atoms with Crippen molar-refractivity contribution in [2.24, 2.45) is 17.6 Å². The SMILES string of the molecule is CNC(=O)CC1CCN(C(=O)C[C@@H]2CCC[C@H]2N)CC1.Cl. The van der Waals surface area contributed by atoms with Crippen LogP contribution in [-0.2, 0) is 9.59 Å². The summed E-state index contributed by atoms with van der Waals surface area (Å²) in [6.07, 6.45) is 6.40. The summed E-state index contributed by atoms with van der Waals surface area (Å²) in [5, 5.41) is 2.67. The van der Waals surface area contributed by atoms with Crippen LogP contribution in [0.5, 0.6) is 0 Å². The standard InChI is InChI=1S/C15H27N3O2.ClH/c1-17-14(19)9-11-5-7-18(8-6-11)15(20)10-12-3-2-4-13(12)16;/h11-13H,2-10,16H2,1H3,(H,17,19);1H/t12-,13+;/m0./s1. The Kier molecular flexibility index (Phi) is 7.46. The first-order valence-electron chi connectivity index (χ1n) is 7.84. The molecule has 0 aromatic heterocycles. The van der Waals surface area contributed by atoms with E-state index in [1.54, 1.807) is 7.05 Å². The Bertz CT molecular complexity index is 357. The topological polar surface area (TPSA) is 75.4 Å². The summed E-state index contributed by atoms with van der Waals surface area (Å²) in [4.78, 5) is 25.6. The van der Waals surface area contributed by atoms with Gasteiger partial charge in [0.05, 0.1) is 0 Å². The Morgan fingerprint density at radius 2 is 1.81 bits per heavy atom. The van der Waals surface area contributed by atoms with Gasteiger partial charge in [-0.1, -0.05) is 6.42 Å². The molecule has 0 bridgehead atoms. The molecule has 0 aromatic carbocycles. The number of rotatable bonds is 4. The molecule has 1 saturated carbocycles. The zero-order chi connectivity index (χ0) is 14.5. The third-order valence-electron chi connectivity index (χ3n) is 4.87. The predicted molar refractivity (Wildman–Crippen MR) is 85.2 cm³/mol. The first kappa shape index (κ1) is 18.2. The van der Waals surface area contributed by atoms with E-state index in [2.05, 4.69) is 5.32 Å². The fraction of sp³-hybridized carbons (Fsp3) is 0.867. The van der Waals surface area contributed by atoms with E-state index in [1.165, 1.54) is 0 Å². The molecule has 1 aliphatic carbocycles. The number of carbonyl (C=O) groups excluding carboxylic acids is 2. The van der Waals surface area contributed by atoms with E-state index in [4.69, 9.17) is 5.73 Å². The smallest absolute Gasteiger partial charge is 0.222 e. The van der Waals surface area contributed by atoms with E-state index in [0.29, 0.717) is 24.7 Å². The van der Waals surface area contributed by atoms with Gasteiger partial charge in [0.25, 0.3) is 0 Å². The molecular formula is C15H28ClN3O2. The van der Waals surface area contributed by atoms with Gasteiger partial charge in [0, 0.05) is 39.0 Å². The monoisotopic (exact) mass is 317 g/mol. The maximum atomic E-state index is 12.3. The molecule has 2 rings (SSSR count). The number of nitrogens with zero attached hydrogens (tertiary/aromatic N) is 1. The second-order valence-corrected chi connectivity index (χ2v) is 6.26. The summed E-state index contributed by atoms with van der Waals surface area (Å²) < 4.78 is 0. The second kappa shape index (κ2) is 8.59. The summed E-state index contributed by atoms with van der Waals surface area (Å²) in [6, 6.07) is 0.213. The average molecular weight is 318 g/mol. The molecular weight excluding hydrogens is 290 g/mol. The van der Waals surface area contributed by atoms with Crippen molar-refractivity contribution >= 4 is 24.2 Å². The van der Waals surface area contributed by atoms with Crippen LogP contribution in [0.3, 0.4) is 0 Å². The van der Waals surface area contributed by atoms with Crippen molar-refractivity contribution in [2.75, 3.05) is 20.1 Å². The lowest BCUT2D eigenvalue weighted by Gasteiger charge is -2.32. The number of amides is 2. The number of hydrogen-bond acceptors (Lipinski definition) is 3. The molecule has 0 unspecified atom stereocenters. The minimum absolute atomic E-state index is 0. The third kappa shape index (κ3) is 5.15. The van der Waals surface area contributed by atoms with Crippen LogP contribution in [0.25, 0.3) is 0 Å². The van der Waals surface area contributed by atoms with Crippen LogP contribution in [0.2, 0.25) is 0 Å². The Labute approximate surface area is 133 Å². The highest BCUT2D eigenvalue weighted by Crippen LogP contribution is 2.28. The average Bonchev–Trinajstić information content (AvgIpc) is 2.85. The molecule has 2 atom stereocenters. The van der Waals surface area contributed by atoms with Crippen molar-refractivity contribution in [3.63, 3.8) is 0 Å². The lowest BCUT2D eigenvalue weighted by atomic mass is 9.92. The molecule has 1 aliphatic heterocycles. The molecule has 21 heavy (non-hydrogen) atoms. The lowest BCUT2D eigenvalue weighted by molar-refractivity contribution is -0.133. The Morgan fingerprint density at radius 3 is 2.33 bits per heavy atom. The van der Waals surface area contributed by atoms with Gasteiger partial charge in [0.1, 0.15) is 0 Å². The molecule has 0 spiro atoms. The van der Waals surface area contributed by atoms with Gasteiger partial charge in [-0.25, -0.2) is 0 Å². The fourth-order valence-electron chi connectivity index (χ4n) is 3.42. The van der Waals surface area contributed by atoms with Crippen LogP contribution in [0, 0.1) is 11.8 Å². The lowest BCUT2D eigenvalue weighted by Crippen LogP contribution is -2.41. The Balaban J connectivity index is 0.00000220. The Hall–Kier alpha value is -0.810. The number of carbonyl (C=O) groups is 2. The maximum Gasteiger partial charge on any atom is 0.222 e. The van der Waals surface area contributed by atoms with Gasteiger partial charge in [-0.15, -0.1) is 12.4 Å². The summed E-state index contributed by atoms with van der Waals surface area (Å²) >= 11 is 0. The number of piperidine rings is 1. The van der Waals surface area contributed by atoms with Crippen molar-refractivity contribution in [1.82, 2.24) is 10.2 Å². The second-order valence-electron chi connectivity index (χ2n) is 6.26. The van der Waals surface area contributed by atoms with Crippen LogP contribution < -0.4 is 11.1 Å². The minimum atomic E-state index is 0. The van der Waals surface area contributed by atoms with E-state index in [9.17, 15) is 9.59 Å². The van der Waals surface area contributed by atoms with Gasteiger partial charge in [0.2, 0.25) is 11.8 Å². The molecule has 1 heterocycles. The minimum Gasteiger partial charge on any atom is -0.359 e. The summed E-state index contributed by atoms with van der Waals surface area (Å²) in [6.45, 7) is 1.59. The molecule has 2 amide bonds. The molecule has 3 N–H and O–H groups in total. The largest absolute Gasteiger partial charge is 0.359 e. The van der Waals surface area contributed by atoms with E-state index >= 15 is 0 Å². The highest BCUT2D eigenvalue weighted by molar-refractivity contribution is 5.85. The van der Waals surface area contributed by atoms with Gasteiger partial charge in [-0.3, -0.25) is 9.59 Å². The molecule has 0 radical (unpaired) electrons. The number of hydrogen-bond donors (Lipinski definition) is 2. The van der Waals surface area contributed by atoms with Crippen LogP contribution in [-0.4, -0.2) is 42.9 Å². The van der Waals surface area contributed by atoms with Gasteiger partial charge in [-0.2, -0.15) is 0 Å². The van der Waals surface area contributed by atoms with Crippen molar-refractivity contribution in [2.45, 2.75) is 51.0 Å². The Morgan fingerprint density at radius 1 is 1.14 bits per heavy atom. The predicted octanol–water partition coefficient (Wildman–Crippen LogP) is 1.30. The zero-order valence-electron chi connectivity index (χ0n) is 12.8. The fourth-order valence-corrected chi connectivity index (χ4v) is 3.42. The van der Waals surface area contributed by atoms with Gasteiger partial charge >= 0.3 is 0 Å². The summed E-state index contributed by atoms with van der Waals surface area (Å²) in [7, 11) is 1.67. The van der Waals surface area contributed by atoms with E-state index < -0.39 is 0 Å². The highest BCUT2D eigenvalue weighted by Gasteiger charge is 2.30. The zero-order valence-corrected chi connectivity index (χ0v) is 13.7. The van der Waals surface area contributed by atoms with Crippen molar-refractivity contribution in [3.8, 4) is 0 Å². The number of likely N-dealkylation sites (tertiary alicyclic amines) is 1. The van der Waals surface area contributed by atoms with E-state index in [-0.39, 0.29) is 30.3 Å². The van der Waals surface area contributed by atoms with Crippen molar-refractivity contribution in [3.05, 3.63) is 0 Å². The molecule has 2 aliphatic rings. The van der Waals surface area contributed by atoms with Crippen LogP contribution in [0.1, 0.15) is 44.9 Å².